The Bertz CT molecular complexity index is 461. The predicted octanol–water partition coefficient (Wildman–Crippen LogP) is 5.75. The Morgan fingerprint density at radius 2 is 1.95 bits per heavy atom. The van der Waals surface area contributed by atoms with E-state index in [9.17, 15) is 4.39 Å². The van der Waals surface area contributed by atoms with Crippen LogP contribution < -0.4 is 0 Å². The average molecular weight is 297 g/mol. The highest BCUT2D eigenvalue weighted by molar-refractivity contribution is 6.20. The number of benzene rings is 1. The van der Waals surface area contributed by atoms with Crippen molar-refractivity contribution in [2.45, 2.75) is 58.8 Å². The lowest BCUT2D eigenvalue weighted by molar-refractivity contribution is 0.144. The number of halogens is 2. The van der Waals surface area contributed by atoms with Gasteiger partial charge in [-0.15, -0.1) is 11.6 Å². The van der Waals surface area contributed by atoms with Crippen molar-refractivity contribution in [2.24, 2.45) is 17.3 Å². The molecule has 1 aliphatic carbocycles. The molecule has 0 nitrogen and oxygen atoms in total. The Labute approximate surface area is 127 Å². The van der Waals surface area contributed by atoms with Crippen molar-refractivity contribution in [1.29, 1.82) is 0 Å². The minimum absolute atomic E-state index is 0.139. The lowest BCUT2D eigenvalue weighted by atomic mass is 9.68. The standard InChI is InChI=1S/C18H26ClF/c1-12-5-7-16(20)11-13(12)9-14-10-15(18(2,3)4)6-8-17(14)19/h5,7,11,14-15,17H,6,8-10H2,1-4H3. The topological polar surface area (TPSA) is 0 Å². The van der Waals surface area contributed by atoms with Crippen LogP contribution in [0.4, 0.5) is 4.39 Å². The maximum Gasteiger partial charge on any atom is 0.123 e. The average Bonchev–Trinajstić information content (AvgIpc) is 2.35. The van der Waals surface area contributed by atoms with Crippen LogP contribution in [0.3, 0.4) is 0 Å². The van der Waals surface area contributed by atoms with Gasteiger partial charge in [0.05, 0.1) is 0 Å². The highest BCUT2D eigenvalue weighted by atomic mass is 35.5. The van der Waals surface area contributed by atoms with Crippen LogP contribution >= 0.6 is 11.6 Å². The van der Waals surface area contributed by atoms with Gasteiger partial charge >= 0.3 is 0 Å². The Morgan fingerprint density at radius 3 is 2.60 bits per heavy atom. The first-order valence-corrected chi connectivity index (χ1v) is 8.10. The second-order valence-corrected chi connectivity index (χ2v) is 7.99. The lowest BCUT2D eigenvalue weighted by Crippen LogP contribution is -2.33. The van der Waals surface area contributed by atoms with Crippen molar-refractivity contribution in [3.05, 3.63) is 35.1 Å². The molecule has 0 saturated heterocycles. The van der Waals surface area contributed by atoms with Crippen LogP contribution in [-0.4, -0.2) is 5.38 Å². The molecule has 1 aliphatic rings. The van der Waals surface area contributed by atoms with Gasteiger partial charge in [-0.1, -0.05) is 26.8 Å². The van der Waals surface area contributed by atoms with Crippen molar-refractivity contribution in [1.82, 2.24) is 0 Å². The van der Waals surface area contributed by atoms with Crippen LogP contribution in [0, 0.1) is 30.0 Å². The minimum Gasteiger partial charge on any atom is -0.207 e. The molecule has 1 saturated carbocycles. The summed E-state index contributed by atoms with van der Waals surface area (Å²) in [4.78, 5) is 0. The highest BCUT2D eigenvalue weighted by Crippen LogP contribution is 2.43. The monoisotopic (exact) mass is 296 g/mol. The highest BCUT2D eigenvalue weighted by Gasteiger charge is 2.35. The summed E-state index contributed by atoms with van der Waals surface area (Å²) >= 11 is 6.55. The molecule has 2 heteroatoms. The zero-order valence-corrected chi connectivity index (χ0v) is 13.8. The molecular weight excluding hydrogens is 271 g/mol. The van der Waals surface area contributed by atoms with Gasteiger partial charge in [0.1, 0.15) is 5.82 Å². The van der Waals surface area contributed by atoms with E-state index < -0.39 is 0 Å². The number of alkyl halides is 1. The second kappa shape index (κ2) is 6.05. The molecule has 0 bridgehead atoms. The van der Waals surface area contributed by atoms with E-state index in [1.807, 2.05) is 6.07 Å². The van der Waals surface area contributed by atoms with Crippen LogP contribution in [0.15, 0.2) is 18.2 Å². The summed E-state index contributed by atoms with van der Waals surface area (Å²) in [6.07, 6.45) is 4.37. The SMILES string of the molecule is Cc1ccc(F)cc1CC1CC(C(C)(C)C)CCC1Cl. The summed E-state index contributed by atoms with van der Waals surface area (Å²) in [6, 6.07) is 5.09. The van der Waals surface area contributed by atoms with Crippen LogP contribution in [0.1, 0.15) is 51.2 Å². The maximum absolute atomic E-state index is 13.4. The molecule has 2 rings (SSSR count). The number of rotatable bonds is 2. The van der Waals surface area contributed by atoms with Crippen molar-refractivity contribution >= 4 is 11.6 Å². The fourth-order valence-electron chi connectivity index (χ4n) is 3.37. The summed E-state index contributed by atoms with van der Waals surface area (Å²) in [5.41, 5.74) is 2.63. The minimum atomic E-state index is -0.139. The Balaban J connectivity index is 2.12. The fraction of sp³-hybridized carbons (Fsp3) is 0.667. The lowest BCUT2D eigenvalue weighted by Gasteiger charge is -2.40. The first-order valence-electron chi connectivity index (χ1n) is 7.66. The first kappa shape index (κ1) is 15.8. The van der Waals surface area contributed by atoms with Gasteiger partial charge in [0.2, 0.25) is 0 Å². The third-order valence-electron chi connectivity index (χ3n) is 4.91. The van der Waals surface area contributed by atoms with Crippen molar-refractivity contribution < 1.29 is 4.39 Å². The molecule has 1 fully saturated rings. The molecule has 1 aromatic rings. The molecule has 0 radical (unpaired) electrons. The Kier molecular flexibility index (Phi) is 4.79. The zero-order chi connectivity index (χ0) is 14.9. The van der Waals surface area contributed by atoms with E-state index in [4.69, 9.17) is 11.6 Å². The molecule has 0 heterocycles. The smallest absolute Gasteiger partial charge is 0.123 e. The molecule has 20 heavy (non-hydrogen) atoms. The van der Waals surface area contributed by atoms with E-state index in [1.54, 1.807) is 6.07 Å². The molecule has 112 valence electrons. The normalized spacial score (nSPS) is 27.6. The molecule has 0 spiro atoms. The third kappa shape index (κ3) is 3.75. The Morgan fingerprint density at radius 1 is 1.25 bits per heavy atom. The Hall–Kier alpha value is -0.560. The summed E-state index contributed by atoms with van der Waals surface area (Å²) in [5, 5.41) is 0.233. The molecule has 0 N–H and O–H groups in total. The van der Waals surface area contributed by atoms with Gasteiger partial charge in [-0.3, -0.25) is 0 Å². The van der Waals surface area contributed by atoms with E-state index in [2.05, 4.69) is 27.7 Å². The van der Waals surface area contributed by atoms with Crippen LogP contribution in [0.5, 0.6) is 0 Å². The van der Waals surface area contributed by atoms with Crippen molar-refractivity contribution in [3.63, 3.8) is 0 Å². The molecule has 1 aromatic carbocycles. The van der Waals surface area contributed by atoms with Gasteiger partial charge in [-0.2, -0.15) is 0 Å². The van der Waals surface area contributed by atoms with Gasteiger partial charge in [-0.25, -0.2) is 4.39 Å². The number of aryl methyl sites for hydroxylation is 1. The summed E-state index contributed by atoms with van der Waals surface area (Å²) in [7, 11) is 0. The molecule has 3 unspecified atom stereocenters. The maximum atomic E-state index is 13.4. The van der Waals surface area contributed by atoms with Gasteiger partial charge < -0.3 is 0 Å². The molecular formula is C18H26ClF. The van der Waals surface area contributed by atoms with Crippen molar-refractivity contribution in [3.8, 4) is 0 Å². The summed E-state index contributed by atoms with van der Waals surface area (Å²) in [5.74, 6) is 1.05. The predicted molar refractivity (Wildman–Crippen MR) is 84.8 cm³/mol. The number of hydrogen-bond acceptors (Lipinski definition) is 0. The first-order chi connectivity index (χ1) is 9.27. The van der Waals surface area contributed by atoms with Crippen LogP contribution in [0.2, 0.25) is 0 Å². The van der Waals surface area contributed by atoms with E-state index in [0.29, 0.717) is 11.3 Å². The summed E-state index contributed by atoms with van der Waals surface area (Å²) in [6.45, 7) is 9.01. The number of hydrogen-bond donors (Lipinski definition) is 0. The zero-order valence-electron chi connectivity index (χ0n) is 13.0. The van der Waals surface area contributed by atoms with E-state index >= 15 is 0 Å². The second-order valence-electron chi connectivity index (χ2n) is 7.43. The van der Waals surface area contributed by atoms with Crippen LogP contribution in [0.25, 0.3) is 0 Å². The quantitative estimate of drug-likeness (QED) is 0.610. The van der Waals surface area contributed by atoms with Gasteiger partial charge in [0.25, 0.3) is 0 Å². The molecule has 0 aliphatic heterocycles. The van der Waals surface area contributed by atoms with E-state index in [1.165, 1.54) is 18.1 Å². The van der Waals surface area contributed by atoms with E-state index in [-0.39, 0.29) is 11.2 Å². The van der Waals surface area contributed by atoms with Crippen LogP contribution in [-0.2, 0) is 6.42 Å². The summed E-state index contributed by atoms with van der Waals surface area (Å²) < 4.78 is 13.4. The molecule has 3 atom stereocenters. The van der Waals surface area contributed by atoms with Gasteiger partial charge in [0.15, 0.2) is 0 Å². The van der Waals surface area contributed by atoms with Gasteiger partial charge in [-0.05, 0) is 73.1 Å². The van der Waals surface area contributed by atoms with Gasteiger partial charge in [0, 0.05) is 5.38 Å². The largest absolute Gasteiger partial charge is 0.207 e. The van der Waals surface area contributed by atoms with E-state index in [0.717, 1.165) is 30.7 Å². The molecule has 0 aromatic heterocycles. The molecule has 0 amide bonds. The fourth-order valence-corrected chi connectivity index (χ4v) is 3.69. The van der Waals surface area contributed by atoms with Crippen molar-refractivity contribution in [2.75, 3.05) is 0 Å². The third-order valence-corrected chi connectivity index (χ3v) is 5.48.